The number of carbonyl (C=O) groups is 2. The fourth-order valence-electron chi connectivity index (χ4n) is 4.03. The lowest BCUT2D eigenvalue weighted by Gasteiger charge is -2.31. The van der Waals surface area contributed by atoms with Gasteiger partial charge in [0.25, 0.3) is 0 Å². The molecule has 126 valence electrons. The fourth-order valence-corrected chi connectivity index (χ4v) is 4.03. The predicted molar refractivity (Wildman–Crippen MR) is 84.0 cm³/mol. The van der Waals surface area contributed by atoms with Crippen molar-refractivity contribution in [3.8, 4) is 0 Å². The lowest BCUT2D eigenvalue weighted by Crippen LogP contribution is -2.39. The van der Waals surface area contributed by atoms with Gasteiger partial charge in [0.2, 0.25) is 0 Å². The zero-order valence-corrected chi connectivity index (χ0v) is 14.5. The number of carbonyl (C=O) groups excluding carboxylic acids is 2. The van der Waals surface area contributed by atoms with E-state index in [1.54, 1.807) is 0 Å². The Labute approximate surface area is 133 Å². The second-order valence-electron chi connectivity index (χ2n) is 7.97. The highest BCUT2D eigenvalue weighted by molar-refractivity contribution is 5.83. The molecule has 0 N–H and O–H groups in total. The SMILES string of the molecule is CC(C)COC(=O)C1C2CC(C)C(C2)C1C(=O)OCC(C)C. The molecule has 0 amide bonds. The first-order chi connectivity index (χ1) is 10.3. The average Bonchev–Trinajstić information content (AvgIpc) is 2.98. The molecule has 2 fully saturated rings. The first-order valence-electron chi connectivity index (χ1n) is 8.64. The minimum atomic E-state index is -0.299. The molecular formula is C18H30O4. The first-order valence-corrected chi connectivity index (χ1v) is 8.64. The second-order valence-corrected chi connectivity index (χ2v) is 7.97. The molecule has 2 bridgehead atoms. The summed E-state index contributed by atoms with van der Waals surface area (Å²) in [7, 11) is 0. The highest BCUT2D eigenvalue weighted by Gasteiger charge is 2.57. The molecule has 0 aromatic carbocycles. The Balaban J connectivity index is 2.06. The fraction of sp³-hybridized carbons (Fsp3) is 0.889. The van der Waals surface area contributed by atoms with E-state index in [1.165, 1.54) is 0 Å². The van der Waals surface area contributed by atoms with Crippen molar-refractivity contribution in [3.05, 3.63) is 0 Å². The molecule has 2 aliphatic carbocycles. The van der Waals surface area contributed by atoms with Crippen LogP contribution in [0.5, 0.6) is 0 Å². The summed E-state index contributed by atoms with van der Waals surface area (Å²) < 4.78 is 10.9. The van der Waals surface area contributed by atoms with Crippen molar-refractivity contribution in [2.75, 3.05) is 13.2 Å². The Morgan fingerprint density at radius 2 is 1.41 bits per heavy atom. The smallest absolute Gasteiger partial charge is 0.310 e. The van der Waals surface area contributed by atoms with Gasteiger partial charge < -0.3 is 9.47 Å². The zero-order valence-electron chi connectivity index (χ0n) is 14.5. The minimum Gasteiger partial charge on any atom is -0.465 e. The van der Waals surface area contributed by atoms with Crippen molar-refractivity contribution in [2.45, 2.75) is 47.5 Å². The van der Waals surface area contributed by atoms with E-state index >= 15 is 0 Å². The molecule has 0 aliphatic heterocycles. The van der Waals surface area contributed by atoms with Gasteiger partial charge in [-0.05, 0) is 42.4 Å². The molecule has 4 nitrogen and oxygen atoms in total. The number of hydrogen-bond acceptors (Lipinski definition) is 4. The average molecular weight is 310 g/mol. The van der Waals surface area contributed by atoms with Gasteiger partial charge in [0.05, 0.1) is 25.0 Å². The van der Waals surface area contributed by atoms with Gasteiger partial charge in [-0.15, -0.1) is 0 Å². The number of ether oxygens (including phenoxy) is 2. The quantitative estimate of drug-likeness (QED) is 0.706. The van der Waals surface area contributed by atoms with Crippen molar-refractivity contribution in [2.24, 2.45) is 41.4 Å². The van der Waals surface area contributed by atoms with Gasteiger partial charge in [0.15, 0.2) is 0 Å². The molecule has 0 aromatic heterocycles. The maximum atomic E-state index is 12.5. The molecule has 0 radical (unpaired) electrons. The predicted octanol–water partition coefficient (Wildman–Crippen LogP) is 3.29. The molecular weight excluding hydrogens is 280 g/mol. The molecule has 2 saturated carbocycles. The van der Waals surface area contributed by atoms with Crippen LogP contribution in [0.15, 0.2) is 0 Å². The van der Waals surface area contributed by atoms with E-state index in [0.717, 1.165) is 12.8 Å². The van der Waals surface area contributed by atoms with Crippen molar-refractivity contribution in [1.29, 1.82) is 0 Å². The van der Waals surface area contributed by atoms with E-state index in [1.807, 2.05) is 27.7 Å². The summed E-state index contributed by atoms with van der Waals surface area (Å²) in [5.41, 5.74) is 0. The second kappa shape index (κ2) is 7.01. The number of esters is 2. The lowest BCUT2D eigenvalue weighted by atomic mass is 9.74. The monoisotopic (exact) mass is 310 g/mol. The Morgan fingerprint density at radius 3 is 1.91 bits per heavy atom. The summed E-state index contributed by atoms with van der Waals surface area (Å²) in [5, 5.41) is 0. The van der Waals surface area contributed by atoms with Gasteiger partial charge in [-0.2, -0.15) is 0 Å². The van der Waals surface area contributed by atoms with E-state index in [4.69, 9.17) is 9.47 Å². The molecule has 5 atom stereocenters. The summed E-state index contributed by atoms with van der Waals surface area (Å²) in [4.78, 5) is 25.0. The van der Waals surface area contributed by atoms with Gasteiger partial charge >= 0.3 is 11.9 Å². The lowest BCUT2D eigenvalue weighted by molar-refractivity contribution is -0.165. The van der Waals surface area contributed by atoms with Crippen molar-refractivity contribution < 1.29 is 19.1 Å². The van der Waals surface area contributed by atoms with Crippen LogP contribution in [0.2, 0.25) is 0 Å². The molecule has 2 aliphatic rings. The van der Waals surface area contributed by atoms with Crippen LogP contribution in [-0.2, 0) is 19.1 Å². The van der Waals surface area contributed by atoms with Gasteiger partial charge in [0.1, 0.15) is 0 Å². The van der Waals surface area contributed by atoms with Crippen molar-refractivity contribution in [3.63, 3.8) is 0 Å². The summed E-state index contributed by atoms with van der Waals surface area (Å²) in [6.07, 6.45) is 1.99. The maximum Gasteiger partial charge on any atom is 0.310 e. The third-order valence-corrected chi connectivity index (χ3v) is 5.00. The topological polar surface area (TPSA) is 52.6 Å². The van der Waals surface area contributed by atoms with E-state index < -0.39 is 0 Å². The molecule has 0 saturated heterocycles. The number of rotatable bonds is 6. The summed E-state index contributed by atoms with van der Waals surface area (Å²) in [6, 6.07) is 0. The molecule has 22 heavy (non-hydrogen) atoms. The third-order valence-electron chi connectivity index (χ3n) is 5.00. The van der Waals surface area contributed by atoms with E-state index in [9.17, 15) is 9.59 Å². The van der Waals surface area contributed by atoms with Crippen LogP contribution < -0.4 is 0 Å². The van der Waals surface area contributed by atoms with E-state index in [-0.39, 0.29) is 35.6 Å². The van der Waals surface area contributed by atoms with Crippen LogP contribution in [0.1, 0.15) is 47.5 Å². The van der Waals surface area contributed by atoms with Crippen LogP contribution in [0, 0.1) is 41.4 Å². The standard InChI is InChI=1S/C18H30O4/c1-10(2)8-21-17(19)15-13-6-12(5)14(7-13)16(15)18(20)22-9-11(3)4/h10-16H,6-9H2,1-5H3. The summed E-state index contributed by atoms with van der Waals surface area (Å²) >= 11 is 0. The van der Waals surface area contributed by atoms with Crippen molar-refractivity contribution >= 4 is 11.9 Å². The summed E-state index contributed by atoms with van der Waals surface area (Å²) in [6.45, 7) is 11.1. The van der Waals surface area contributed by atoms with Crippen LogP contribution >= 0.6 is 0 Å². The van der Waals surface area contributed by atoms with Gasteiger partial charge in [-0.25, -0.2) is 0 Å². The summed E-state index contributed by atoms with van der Waals surface area (Å²) in [5.74, 6) is 0.706. The minimum absolute atomic E-state index is 0.195. The van der Waals surface area contributed by atoms with Crippen molar-refractivity contribution in [1.82, 2.24) is 0 Å². The van der Waals surface area contributed by atoms with E-state index in [2.05, 4.69) is 6.92 Å². The number of hydrogen-bond donors (Lipinski definition) is 0. The van der Waals surface area contributed by atoms with Gasteiger partial charge in [-0.1, -0.05) is 34.6 Å². The van der Waals surface area contributed by atoms with Crippen LogP contribution in [0.3, 0.4) is 0 Å². The molecule has 0 spiro atoms. The Morgan fingerprint density at radius 1 is 0.909 bits per heavy atom. The molecule has 2 rings (SSSR count). The third kappa shape index (κ3) is 3.64. The Hall–Kier alpha value is -1.06. The van der Waals surface area contributed by atoms with Crippen LogP contribution in [-0.4, -0.2) is 25.2 Å². The molecule has 5 unspecified atom stereocenters. The normalized spacial score (nSPS) is 33.5. The van der Waals surface area contributed by atoms with Gasteiger partial charge in [-0.3, -0.25) is 9.59 Å². The van der Waals surface area contributed by atoms with E-state index in [0.29, 0.717) is 31.0 Å². The largest absolute Gasteiger partial charge is 0.465 e. The Kier molecular flexibility index (Phi) is 5.51. The van der Waals surface area contributed by atoms with Crippen LogP contribution in [0.25, 0.3) is 0 Å². The Bertz CT molecular complexity index is 415. The molecule has 0 heterocycles. The molecule has 0 aromatic rings. The zero-order chi connectivity index (χ0) is 16.4. The highest BCUT2D eigenvalue weighted by atomic mass is 16.5. The maximum absolute atomic E-state index is 12.5. The molecule has 4 heteroatoms. The van der Waals surface area contributed by atoms with Crippen LogP contribution in [0.4, 0.5) is 0 Å². The number of fused-ring (bicyclic) bond motifs is 2. The first kappa shape index (κ1) is 17.3. The van der Waals surface area contributed by atoms with Gasteiger partial charge in [0, 0.05) is 0 Å². The highest BCUT2D eigenvalue weighted by Crippen LogP contribution is 2.55.